The summed E-state index contributed by atoms with van der Waals surface area (Å²) in [7, 11) is 0. The van der Waals surface area contributed by atoms with Crippen molar-refractivity contribution in [3.8, 4) is 22.3 Å². The van der Waals surface area contributed by atoms with E-state index in [-0.39, 0.29) is 13.4 Å². The zero-order valence-electron chi connectivity index (χ0n) is 27.3. The predicted octanol–water partition coefficient (Wildman–Crippen LogP) is 7.44. The number of nitrogens with zero attached hydrogens (tertiary/aromatic N) is 1. The zero-order chi connectivity index (χ0) is 32.9. The second kappa shape index (κ2) is 11.9. The van der Waals surface area contributed by atoms with E-state index in [1.54, 1.807) is 0 Å². The Balaban J connectivity index is 1.30. The van der Waals surface area contributed by atoms with Crippen LogP contribution >= 0.6 is 0 Å². The molecule has 0 aromatic heterocycles. The van der Waals surface area contributed by atoms with Gasteiger partial charge in [-0.3, -0.25) is 0 Å². The van der Waals surface area contributed by atoms with Gasteiger partial charge in [0.05, 0.1) is 0 Å². The van der Waals surface area contributed by atoms with Gasteiger partial charge in [-0.25, -0.2) is 0 Å². The first-order valence-corrected chi connectivity index (χ1v) is 17.0. The predicted molar refractivity (Wildman–Crippen MR) is 214 cm³/mol. The Hall–Kier alpha value is -6.05. The smallest absolute Gasteiger partial charge is 0.246 e. The number of hydrogen-bond acceptors (Lipinski definition) is 1. The molecule has 1 nitrogen and oxygen atoms in total. The maximum atomic E-state index is 3.95. The minimum atomic E-state index is 0.0930. The van der Waals surface area contributed by atoms with E-state index in [1.807, 2.05) is 12.2 Å². The Morgan fingerprint density at radius 1 is 0.388 bits per heavy atom. The summed E-state index contributed by atoms with van der Waals surface area (Å²) in [6, 6.07) is 60.5. The third kappa shape index (κ3) is 4.81. The van der Waals surface area contributed by atoms with Crippen LogP contribution in [0.1, 0.15) is 11.1 Å². The first-order chi connectivity index (χ1) is 24.2. The average molecular weight is 621 g/mol. The van der Waals surface area contributed by atoms with Gasteiger partial charge in [-0.2, -0.15) is 0 Å². The first-order valence-electron chi connectivity index (χ1n) is 17.0. The highest BCUT2D eigenvalue weighted by molar-refractivity contribution is 7.02. The van der Waals surface area contributed by atoms with Crippen LogP contribution in [-0.2, 0) is 0 Å². The molecule has 0 unspecified atom stereocenters. The fourth-order valence-corrected chi connectivity index (χ4v) is 7.98. The van der Waals surface area contributed by atoms with Crippen molar-refractivity contribution in [2.45, 2.75) is 0 Å². The van der Waals surface area contributed by atoms with E-state index in [2.05, 4.69) is 182 Å². The Kier molecular flexibility index (Phi) is 7.06. The molecular weight excluding hydrogens is 588 g/mol. The van der Waals surface area contributed by atoms with Gasteiger partial charge in [0.15, 0.2) is 0 Å². The summed E-state index contributed by atoms with van der Waals surface area (Å²) in [6.45, 7) is 8.09. The van der Waals surface area contributed by atoms with Gasteiger partial charge in [0.2, 0.25) is 13.4 Å². The van der Waals surface area contributed by atoms with Crippen molar-refractivity contribution >= 4 is 75.4 Å². The number of benzene rings is 7. The molecule has 0 atom stereocenters. The summed E-state index contributed by atoms with van der Waals surface area (Å²) >= 11 is 0. The standard InChI is InChI=1S/C46H33B2N/c1-3-32-18-22-34(23-19-32)36-26-28-44-42(30-36)47(38-12-7-5-8-13-38)40-16-11-17-41-46(40)49(44)45-29-27-37(35-24-20-33(4-2)21-25-35)31-43(45)48(41)39-14-9-6-10-15-39/h3-31H,1-2H2. The quantitative estimate of drug-likeness (QED) is 0.175. The van der Waals surface area contributed by atoms with Gasteiger partial charge >= 0.3 is 0 Å². The van der Waals surface area contributed by atoms with E-state index < -0.39 is 0 Å². The summed E-state index contributed by atoms with van der Waals surface area (Å²) in [5, 5.41) is 0. The summed E-state index contributed by atoms with van der Waals surface area (Å²) in [6.07, 6.45) is 3.80. The number of hydrogen-bond donors (Lipinski definition) is 0. The lowest BCUT2D eigenvalue weighted by Gasteiger charge is -2.44. The second-order valence-electron chi connectivity index (χ2n) is 13.0. The number of fused-ring (bicyclic) bond motifs is 4. The molecule has 9 rings (SSSR count). The fraction of sp³-hybridized carbons (Fsp3) is 0. The SMILES string of the molecule is C=Cc1ccc(-c2ccc3c(c2)B(c2ccccc2)c2cccc4c2N3c2ccc(-c3ccc(C=C)cc3)cc2B4c2ccccc2)cc1. The molecule has 0 N–H and O–H groups in total. The number of rotatable bonds is 6. The van der Waals surface area contributed by atoms with E-state index in [0.717, 1.165) is 11.1 Å². The third-order valence-corrected chi connectivity index (χ3v) is 10.3. The Labute approximate surface area is 289 Å². The van der Waals surface area contributed by atoms with Crippen LogP contribution in [0.15, 0.2) is 177 Å². The second-order valence-corrected chi connectivity index (χ2v) is 13.0. The summed E-state index contributed by atoms with van der Waals surface area (Å²) < 4.78 is 0. The van der Waals surface area contributed by atoms with Crippen LogP contribution in [0, 0.1) is 0 Å². The van der Waals surface area contributed by atoms with Gasteiger partial charge < -0.3 is 4.90 Å². The minimum absolute atomic E-state index is 0.0930. The van der Waals surface area contributed by atoms with Crippen LogP contribution in [0.4, 0.5) is 17.1 Å². The fourth-order valence-electron chi connectivity index (χ4n) is 7.98. The molecule has 2 heterocycles. The van der Waals surface area contributed by atoms with Crippen molar-refractivity contribution in [3.63, 3.8) is 0 Å². The maximum Gasteiger partial charge on any atom is 0.246 e. The van der Waals surface area contributed by atoms with Crippen molar-refractivity contribution in [1.82, 2.24) is 0 Å². The molecule has 49 heavy (non-hydrogen) atoms. The van der Waals surface area contributed by atoms with Gasteiger partial charge in [-0.1, -0.05) is 188 Å². The van der Waals surface area contributed by atoms with Gasteiger partial charge in [0.1, 0.15) is 0 Å². The van der Waals surface area contributed by atoms with Crippen molar-refractivity contribution in [3.05, 3.63) is 188 Å². The van der Waals surface area contributed by atoms with Crippen molar-refractivity contribution in [2.24, 2.45) is 0 Å². The van der Waals surface area contributed by atoms with E-state index in [0.29, 0.717) is 0 Å². The average Bonchev–Trinajstić information content (AvgIpc) is 3.18. The molecule has 0 fully saturated rings. The Bertz CT molecular complexity index is 2200. The lowest BCUT2D eigenvalue weighted by Crippen LogP contribution is -2.65. The van der Waals surface area contributed by atoms with Gasteiger partial charge in [0, 0.05) is 17.1 Å². The molecule has 2 aliphatic heterocycles. The molecular formula is C46H33B2N. The molecule has 0 saturated heterocycles. The van der Waals surface area contributed by atoms with Gasteiger partial charge in [0.25, 0.3) is 0 Å². The lowest BCUT2D eigenvalue weighted by atomic mass is 9.30. The molecule has 7 aromatic carbocycles. The lowest BCUT2D eigenvalue weighted by molar-refractivity contribution is 1.30. The van der Waals surface area contributed by atoms with Crippen LogP contribution in [0.3, 0.4) is 0 Å². The largest absolute Gasteiger partial charge is 0.313 e. The molecule has 0 radical (unpaired) electrons. The molecule has 0 spiro atoms. The topological polar surface area (TPSA) is 3.24 Å². The molecule has 3 heteroatoms. The van der Waals surface area contributed by atoms with E-state index in [9.17, 15) is 0 Å². The third-order valence-electron chi connectivity index (χ3n) is 10.3. The Morgan fingerprint density at radius 3 is 1.20 bits per heavy atom. The molecule has 0 amide bonds. The molecule has 7 aromatic rings. The van der Waals surface area contributed by atoms with E-state index in [4.69, 9.17) is 0 Å². The summed E-state index contributed by atoms with van der Waals surface area (Å²) in [4.78, 5) is 2.55. The van der Waals surface area contributed by atoms with Crippen molar-refractivity contribution in [2.75, 3.05) is 4.90 Å². The van der Waals surface area contributed by atoms with E-state index >= 15 is 0 Å². The van der Waals surface area contributed by atoms with Crippen LogP contribution in [0.5, 0.6) is 0 Å². The van der Waals surface area contributed by atoms with E-state index in [1.165, 1.54) is 72.1 Å². The van der Waals surface area contributed by atoms with Crippen molar-refractivity contribution < 1.29 is 0 Å². The van der Waals surface area contributed by atoms with Gasteiger partial charge in [-0.05, 0) is 67.4 Å². The highest BCUT2D eigenvalue weighted by Crippen LogP contribution is 2.39. The first kappa shape index (κ1) is 29.1. The number of para-hydroxylation sites is 1. The highest BCUT2D eigenvalue weighted by Gasteiger charge is 2.43. The maximum absolute atomic E-state index is 3.95. The summed E-state index contributed by atoms with van der Waals surface area (Å²) in [5.74, 6) is 0. The minimum Gasteiger partial charge on any atom is -0.313 e. The zero-order valence-corrected chi connectivity index (χ0v) is 27.3. The molecule has 0 bridgehead atoms. The molecule has 2 aliphatic rings. The summed E-state index contributed by atoms with van der Waals surface area (Å²) in [5.41, 5.74) is 18.8. The molecule has 0 aliphatic carbocycles. The van der Waals surface area contributed by atoms with Crippen LogP contribution in [0.25, 0.3) is 34.4 Å². The van der Waals surface area contributed by atoms with Gasteiger partial charge in [-0.15, -0.1) is 0 Å². The molecule has 228 valence electrons. The monoisotopic (exact) mass is 621 g/mol. The molecule has 0 saturated carbocycles. The Morgan fingerprint density at radius 2 is 0.796 bits per heavy atom. The van der Waals surface area contributed by atoms with Crippen LogP contribution < -0.4 is 37.7 Å². The van der Waals surface area contributed by atoms with Crippen molar-refractivity contribution in [1.29, 1.82) is 0 Å². The number of anilines is 3. The highest BCUT2D eigenvalue weighted by atomic mass is 15.2. The normalized spacial score (nSPS) is 12.5. The van der Waals surface area contributed by atoms with Crippen LogP contribution in [-0.4, -0.2) is 13.4 Å². The van der Waals surface area contributed by atoms with Crippen LogP contribution in [0.2, 0.25) is 0 Å².